The van der Waals surface area contributed by atoms with Gasteiger partial charge in [-0.3, -0.25) is 14.4 Å². The number of aliphatic hydroxyl groups is 1. The molecule has 0 aromatic heterocycles. The van der Waals surface area contributed by atoms with Gasteiger partial charge in [-0.15, -0.1) is 13.2 Å². The van der Waals surface area contributed by atoms with Gasteiger partial charge in [0.25, 0.3) is 5.91 Å². The summed E-state index contributed by atoms with van der Waals surface area (Å²) in [6.45, 7) is 19.9. The average Bonchev–Trinajstić information content (AvgIpc) is 3.56. The van der Waals surface area contributed by atoms with E-state index in [1.165, 1.54) is 4.90 Å². The fourth-order valence-electron chi connectivity index (χ4n) is 8.00. The molecule has 7 atom stereocenters. The van der Waals surface area contributed by atoms with Gasteiger partial charge in [-0.05, 0) is 88.4 Å². The van der Waals surface area contributed by atoms with Crippen molar-refractivity contribution in [2.45, 2.75) is 71.2 Å². The largest absolute Gasteiger partial charge is 0.494 e. The van der Waals surface area contributed by atoms with Gasteiger partial charge < -0.3 is 29.3 Å². The van der Waals surface area contributed by atoms with E-state index in [0.717, 1.165) is 16.8 Å². The van der Waals surface area contributed by atoms with Crippen LogP contribution >= 0.6 is 0 Å². The second-order valence-corrected chi connectivity index (χ2v) is 13.2. The topological polar surface area (TPSA) is 99.6 Å². The number of likely N-dealkylation sites (tertiary alicyclic amines) is 1. The molecule has 2 aromatic carbocycles. The number of benzene rings is 2. The average molecular weight is 630 g/mol. The molecule has 46 heavy (non-hydrogen) atoms. The summed E-state index contributed by atoms with van der Waals surface area (Å²) in [4.78, 5) is 49.1. The number of amides is 3. The fourth-order valence-corrected chi connectivity index (χ4v) is 8.00. The van der Waals surface area contributed by atoms with E-state index >= 15 is 0 Å². The Balaban J connectivity index is 1.62. The number of ether oxygens (including phenoxy) is 2. The van der Waals surface area contributed by atoms with Crippen molar-refractivity contribution in [1.29, 1.82) is 0 Å². The van der Waals surface area contributed by atoms with Crippen molar-refractivity contribution in [2.24, 2.45) is 17.8 Å². The van der Waals surface area contributed by atoms with Crippen molar-refractivity contribution < 1.29 is 29.0 Å². The van der Waals surface area contributed by atoms with Gasteiger partial charge in [0.05, 0.1) is 36.7 Å². The van der Waals surface area contributed by atoms with Crippen LogP contribution in [0.5, 0.6) is 5.75 Å². The van der Waals surface area contributed by atoms with Crippen LogP contribution in [0.1, 0.15) is 45.2 Å². The first-order chi connectivity index (χ1) is 21.9. The lowest BCUT2D eigenvalue weighted by atomic mass is 9.62. The molecule has 3 amide bonds. The zero-order valence-corrected chi connectivity index (χ0v) is 27.9. The van der Waals surface area contributed by atoms with Crippen molar-refractivity contribution in [2.75, 3.05) is 36.1 Å². The zero-order chi connectivity index (χ0) is 33.6. The number of aryl methyl sites for hydroxylation is 2. The summed E-state index contributed by atoms with van der Waals surface area (Å²) in [5, 5.41) is 10.4. The Kier molecular flexibility index (Phi) is 9.21. The van der Waals surface area contributed by atoms with Crippen LogP contribution in [-0.4, -0.2) is 77.3 Å². The van der Waals surface area contributed by atoms with Crippen molar-refractivity contribution in [3.63, 3.8) is 0 Å². The predicted octanol–water partition coefficient (Wildman–Crippen LogP) is 4.83. The Morgan fingerprint density at radius 3 is 2.37 bits per heavy atom. The van der Waals surface area contributed by atoms with Crippen LogP contribution in [0.2, 0.25) is 0 Å². The third kappa shape index (κ3) is 5.14. The Morgan fingerprint density at radius 2 is 1.76 bits per heavy atom. The number of anilines is 2. The molecule has 1 N–H and O–H groups in total. The predicted molar refractivity (Wildman–Crippen MR) is 179 cm³/mol. The molecule has 9 heteroatoms. The van der Waals surface area contributed by atoms with Crippen LogP contribution in [-0.2, 0) is 19.1 Å². The standard InChI is InChI=1S/C37H47N3O6/c1-9-18-38(27-14-16-28(17-15-27)45-11-3)33(42)30-31-34(43)40(26(7)22-41)32(37(31)21-25(6)36(30,8)46-37)35(44)39(19-10-2)29-20-23(4)12-13-24(29)5/h9-10,12-17,20,25-26,30-32,41H,1-2,11,18-19,21-22H2,3-8H3/t25?,26-,30-,31+,32?,36+,37?/m1/s1. The Hall–Kier alpha value is -3.95. The third-order valence-electron chi connectivity index (χ3n) is 10.3. The summed E-state index contributed by atoms with van der Waals surface area (Å²) in [7, 11) is 0. The highest BCUT2D eigenvalue weighted by Gasteiger charge is 2.80. The van der Waals surface area contributed by atoms with Gasteiger partial charge in [-0.25, -0.2) is 0 Å². The molecular weight excluding hydrogens is 582 g/mol. The van der Waals surface area contributed by atoms with Gasteiger partial charge in [0.15, 0.2) is 0 Å². The molecule has 0 aliphatic carbocycles. The maximum Gasteiger partial charge on any atom is 0.253 e. The number of fused-ring (bicyclic) bond motifs is 1. The highest BCUT2D eigenvalue weighted by molar-refractivity contribution is 6.07. The molecule has 5 rings (SSSR count). The lowest BCUT2D eigenvalue weighted by Crippen LogP contribution is -2.59. The maximum atomic E-state index is 14.9. The van der Waals surface area contributed by atoms with Crippen molar-refractivity contribution in [3.05, 3.63) is 78.9 Å². The number of hydrogen-bond donors (Lipinski definition) is 1. The molecular formula is C37H47N3O6. The van der Waals surface area contributed by atoms with E-state index in [2.05, 4.69) is 13.2 Å². The molecule has 2 aromatic rings. The zero-order valence-electron chi connectivity index (χ0n) is 27.9. The van der Waals surface area contributed by atoms with Crippen LogP contribution in [0.4, 0.5) is 11.4 Å². The lowest BCUT2D eigenvalue weighted by Gasteiger charge is -2.39. The number of carbonyl (C=O) groups excluding carboxylic acids is 3. The first kappa shape index (κ1) is 33.4. The minimum Gasteiger partial charge on any atom is -0.494 e. The first-order valence-corrected chi connectivity index (χ1v) is 16.2. The first-order valence-electron chi connectivity index (χ1n) is 16.2. The van der Waals surface area contributed by atoms with E-state index in [4.69, 9.17) is 9.47 Å². The molecule has 3 unspecified atom stereocenters. The van der Waals surface area contributed by atoms with E-state index in [-0.39, 0.29) is 43.3 Å². The Labute approximate surface area is 272 Å². The second-order valence-electron chi connectivity index (χ2n) is 13.2. The Morgan fingerprint density at radius 1 is 1.11 bits per heavy atom. The van der Waals surface area contributed by atoms with Gasteiger partial charge in [-0.2, -0.15) is 0 Å². The summed E-state index contributed by atoms with van der Waals surface area (Å²) in [6.07, 6.45) is 3.75. The molecule has 3 fully saturated rings. The number of aliphatic hydroxyl groups excluding tert-OH is 1. The molecule has 0 saturated carbocycles. The lowest BCUT2D eigenvalue weighted by molar-refractivity contribution is -0.148. The second kappa shape index (κ2) is 12.7. The van der Waals surface area contributed by atoms with E-state index in [9.17, 15) is 19.5 Å². The van der Waals surface area contributed by atoms with Gasteiger partial charge >= 0.3 is 0 Å². The molecule has 0 radical (unpaired) electrons. The number of rotatable bonds is 12. The van der Waals surface area contributed by atoms with Crippen LogP contribution in [0.25, 0.3) is 0 Å². The summed E-state index contributed by atoms with van der Waals surface area (Å²) in [5.74, 6) is -2.15. The number of nitrogens with zero attached hydrogens (tertiary/aromatic N) is 3. The van der Waals surface area contributed by atoms with Crippen molar-refractivity contribution >= 4 is 29.1 Å². The van der Waals surface area contributed by atoms with Crippen LogP contribution in [0, 0.1) is 31.6 Å². The smallest absolute Gasteiger partial charge is 0.253 e. The molecule has 3 saturated heterocycles. The van der Waals surface area contributed by atoms with Crippen LogP contribution in [0.15, 0.2) is 67.8 Å². The quantitative estimate of drug-likeness (QED) is 0.338. The number of hydrogen-bond acceptors (Lipinski definition) is 6. The van der Waals surface area contributed by atoms with Crippen molar-refractivity contribution in [3.8, 4) is 5.75 Å². The highest BCUT2D eigenvalue weighted by atomic mass is 16.5. The van der Waals surface area contributed by atoms with Crippen LogP contribution in [0.3, 0.4) is 0 Å². The number of carbonyl (C=O) groups is 3. The molecule has 246 valence electrons. The van der Waals surface area contributed by atoms with Gasteiger partial charge in [0, 0.05) is 24.5 Å². The monoisotopic (exact) mass is 629 g/mol. The van der Waals surface area contributed by atoms with E-state index in [1.807, 2.05) is 77.1 Å². The van der Waals surface area contributed by atoms with Gasteiger partial charge in [-0.1, -0.05) is 31.2 Å². The molecule has 2 bridgehead atoms. The molecule has 3 aliphatic rings. The summed E-state index contributed by atoms with van der Waals surface area (Å²) in [6, 6.07) is 11.5. The molecule has 1 spiro atoms. The van der Waals surface area contributed by atoms with Crippen molar-refractivity contribution in [1.82, 2.24) is 4.90 Å². The third-order valence-corrected chi connectivity index (χ3v) is 10.3. The van der Waals surface area contributed by atoms with Gasteiger partial charge in [0.1, 0.15) is 17.4 Å². The maximum absolute atomic E-state index is 14.9. The normalized spacial score (nSPS) is 28.5. The summed E-state index contributed by atoms with van der Waals surface area (Å²) >= 11 is 0. The summed E-state index contributed by atoms with van der Waals surface area (Å²) < 4.78 is 12.6. The Bertz CT molecular complexity index is 1520. The molecule has 3 heterocycles. The fraction of sp³-hybridized carbons (Fsp3) is 0.486. The van der Waals surface area contributed by atoms with E-state index in [1.54, 1.807) is 28.9 Å². The SMILES string of the molecule is C=CCN(C(=O)[C@H]1[C@H]2C(=O)N([C@H](C)CO)C(C(=O)N(CC=C)c3cc(C)ccc3C)C23CC(C)[C@]1(C)O3)c1ccc(OCC)cc1. The summed E-state index contributed by atoms with van der Waals surface area (Å²) in [5.41, 5.74) is 0.997. The molecule has 9 nitrogen and oxygen atoms in total. The minimum atomic E-state index is -1.26. The van der Waals surface area contributed by atoms with Crippen LogP contribution < -0.4 is 14.5 Å². The highest BCUT2D eigenvalue weighted by Crippen LogP contribution is 2.66. The van der Waals surface area contributed by atoms with E-state index < -0.39 is 35.1 Å². The minimum absolute atomic E-state index is 0.135. The molecule has 3 aliphatic heterocycles. The van der Waals surface area contributed by atoms with Gasteiger partial charge in [0.2, 0.25) is 11.8 Å². The van der Waals surface area contributed by atoms with E-state index in [0.29, 0.717) is 24.5 Å².